The van der Waals surface area contributed by atoms with Gasteiger partial charge in [-0.2, -0.15) is 0 Å². The van der Waals surface area contributed by atoms with Crippen molar-refractivity contribution in [2.75, 3.05) is 19.9 Å². The molecule has 1 saturated carbocycles. The summed E-state index contributed by atoms with van der Waals surface area (Å²) in [7, 11) is 3.45. The molecule has 4 heteroatoms. The van der Waals surface area contributed by atoms with Gasteiger partial charge in [-0.3, -0.25) is 4.90 Å². The first kappa shape index (κ1) is 11.9. The number of anilines is 1. The highest BCUT2D eigenvalue weighted by Crippen LogP contribution is 2.28. The average Bonchev–Trinajstić information content (AvgIpc) is 3.12. The van der Waals surface area contributed by atoms with E-state index in [4.69, 9.17) is 10.5 Å². The van der Waals surface area contributed by atoms with Crippen LogP contribution in [0.3, 0.4) is 0 Å². The number of nitrogen functional groups attached to an aromatic ring is 1. The van der Waals surface area contributed by atoms with Crippen molar-refractivity contribution >= 4 is 11.7 Å². The van der Waals surface area contributed by atoms with Gasteiger partial charge in [0.15, 0.2) is 0 Å². The fourth-order valence-electron chi connectivity index (χ4n) is 2.02. The van der Waals surface area contributed by atoms with Crippen LogP contribution in [0.2, 0.25) is 0 Å². The molecule has 0 spiro atoms. The van der Waals surface area contributed by atoms with E-state index in [1.165, 1.54) is 20.0 Å². The Hall–Kier alpha value is -1.55. The van der Waals surface area contributed by atoms with E-state index in [0.717, 1.165) is 12.1 Å². The number of benzene rings is 1. The number of methoxy groups -OCH3 is 1. The van der Waals surface area contributed by atoms with E-state index in [0.29, 0.717) is 17.3 Å². The van der Waals surface area contributed by atoms with Crippen LogP contribution < -0.4 is 5.73 Å². The molecule has 2 rings (SSSR count). The van der Waals surface area contributed by atoms with Gasteiger partial charge in [-0.1, -0.05) is 12.1 Å². The van der Waals surface area contributed by atoms with Crippen molar-refractivity contribution in [3.8, 4) is 0 Å². The smallest absolute Gasteiger partial charge is 0.340 e. The van der Waals surface area contributed by atoms with Gasteiger partial charge in [-0.15, -0.1) is 0 Å². The second kappa shape index (κ2) is 4.75. The zero-order chi connectivity index (χ0) is 12.4. The molecule has 17 heavy (non-hydrogen) atoms. The van der Waals surface area contributed by atoms with Gasteiger partial charge in [0.25, 0.3) is 0 Å². The zero-order valence-electron chi connectivity index (χ0n) is 10.3. The molecular weight excluding hydrogens is 216 g/mol. The Balaban J connectivity index is 2.25. The minimum atomic E-state index is -0.359. The summed E-state index contributed by atoms with van der Waals surface area (Å²) in [5.41, 5.74) is 7.77. The summed E-state index contributed by atoms with van der Waals surface area (Å²) in [6.45, 7) is 0.736. The van der Waals surface area contributed by atoms with Crippen LogP contribution in [0.15, 0.2) is 18.2 Å². The molecule has 0 heterocycles. The molecule has 0 amide bonds. The van der Waals surface area contributed by atoms with Crippen molar-refractivity contribution in [1.82, 2.24) is 4.90 Å². The van der Waals surface area contributed by atoms with Crippen LogP contribution in [-0.4, -0.2) is 31.1 Å². The maximum Gasteiger partial charge on any atom is 0.340 e. The lowest BCUT2D eigenvalue weighted by Crippen LogP contribution is -2.22. The molecule has 0 saturated heterocycles. The van der Waals surface area contributed by atoms with Gasteiger partial charge in [0, 0.05) is 18.3 Å². The number of hydrogen-bond acceptors (Lipinski definition) is 4. The van der Waals surface area contributed by atoms with Crippen LogP contribution in [0.25, 0.3) is 0 Å². The van der Waals surface area contributed by atoms with Crippen molar-refractivity contribution in [2.24, 2.45) is 0 Å². The Morgan fingerprint density at radius 3 is 2.82 bits per heavy atom. The Morgan fingerprint density at radius 1 is 1.53 bits per heavy atom. The fourth-order valence-corrected chi connectivity index (χ4v) is 2.02. The van der Waals surface area contributed by atoms with Gasteiger partial charge >= 0.3 is 5.97 Å². The van der Waals surface area contributed by atoms with Gasteiger partial charge < -0.3 is 10.5 Å². The lowest BCUT2D eigenvalue weighted by atomic mass is 10.0. The van der Waals surface area contributed by atoms with Crippen LogP contribution in [0, 0.1) is 0 Å². The normalized spacial score (nSPS) is 15.0. The molecule has 1 aromatic rings. The zero-order valence-corrected chi connectivity index (χ0v) is 10.3. The molecular formula is C13H18N2O2. The Kier molecular flexibility index (Phi) is 3.33. The van der Waals surface area contributed by atoms with Gasteiger partial charge in [0.05, 0.1) is 12.7 Å². The molecule has 4 nitrogen and oxygen atoms in total. The van der Waals surface area contributed by atoms with Crippen LogP contribution >= 0.6 is 0 Å². The fraction of sp³-hybridized carbons (Fsp3) is 0.462. The Morgan fingerprint density at radius 2 is 2.24 bits per heavy atom. The second-order valence-electron chi connectivity index (χ2n) is 4.52. The third-order valence-corrected chi connectivity index (χ3v) is 3.16. The summed E-state index contributed by atoms with van der Waals surface area (Å²) >= 11 is 0. The largest absolute Gasteiger partial charge is 0.465 e. The van der Waals surface area contributed by atoms with Crippen molar-refractivity contribution in [2.45, 2.75) is 25.4 Å². The summed E-state index contributed by atoms with van der Waals surface area (Å²) in [5.74, 6) is -0.359. The van der Waals surface area contributed by atoms with E-state index < -0.39 is 0 Å². The van der Waals surface area contributed by atoms with Crippen molar-refractivity contribution in [3.05, 3.63) is 29.3 Å². The molecule has 2 N–H and O–H groups in total. The standard InChI is InChI=1S/C13H18N2O2/c1-15(10-6-7-10)8-9-4-3-5-11(14)12(9)13(16)17-2/h3-5,10H,6-8,14H2,1-2H3. The molecule has 1 aliphatic rings. The van der Waals surface area contributed by atoms with Crippen LogP contribution in [0.4, 0.5) is 5.69 Å². The van der Waals surface area contributed by atoms with E-state index >= 15 is 0 Å². The number of rotatable bonds is 4. The highest BCUT2D eigenvalue weighted by Gasteiger charge is 2.27. The average molecular weight is 234 g/mol. The van der Waals surface area contributed by atoms with E-state index in [-0.39, 0.29) is 5.97 Å². The molecule has 1 fully saturated rings. The molecule has 0 aromatic heterocycles. The van der Waals surface area contributed by atoms with E-state index in [1.807, 2.05) is 12.1 Å². The van der Waals surface area contributed by atoms with Crippen LogP contribution in [-0.2, 0) is 11.3 Å². The van der Waals surface area contributed by atoms with Gasteiger partial charge in [-0.25, -0.2) is 4.79 Å². The first-order valence-corrected chi connectivity index (χ1v) is 5.79. The van der Waals surface area contributed by atoms with Gasteiger partial charge in [0.1, 0.15) is 0 Å². The highest BCUT2D eigenvalue weighted by molar-refractivity contribution is 5.96. The van der Waals surface area contributed by atoms with Crippen LogP contribution in [0.1, 0.15) is 28.8 Å². The molecule has 0 aliphatic heterocycles. The monoisotopic (exact) mass is 234 g/mol. The molecule has 92 valence electrons. The Bertz CT molecular complexity index is 427. The molecule has 1 aliphatic carbocycles. The maximum absolute atomic E-state index is 11.7. The lowest BCUT2D eigenvalue weighted by Gasteiger charge is -2.18. The molecule has 0 atom stereocenters. The number of carbonyl (C=O) groups is 1. The molecule has 0 radical (unpaired) electrons. The summed E-state index contributed by atoms with van der Waals surface area (Å²) in [6, 6.07) is 6.19. The number of nitrogens with zero attached hydrogens (tertiary/aromatic N) is 1. The number of ether oxygens (including phenoxy) is 1. The minimum Gasteiger partial charge on any atom is -0.465 e. The Labute approximate surface area is 101 Å². The van der Waals surface area contributed by atoms with E-state index in [9.17, 15) is 4.79 Å². The van der Waals surface area contributed by atoms with Gasteiger partial charge in [-0.05, 0) is 31.5 Å². The van der Waals surface area contributed by atoms with Gasteiger partial charge in [0.2, 0.25) is 0 Å². The highest BCUT2D eigenvalue weighted by atomic mass is 16.5. The predicted octanol–water partition coefficient (Wildman–Crippen LogP) is 1.65. The van der Waals surface area contributed by atoms with Crippen LogP contribution in [0.5, 0.6) is 0 Å². The number of carbonyl (C=O) groups excluding carboxylic acids is 1. The van der Waals surface area contributed by atoms with Crippen molar-refractivity contribution in [3.63, 3.8) is 0 Å². The summed E-state index contributed by atoms with van der Waals surface area (Å²) < 4.78 is 4.78. The maximum atomic E-state index is 11.7. The first-order valence-electron chi connectivity index (χ1n) is 5.79. The third kappa shape index (κ3) is 2.58. The predicted molar refractivity (Wildman–Crippen MR) is 66.7 cm³/mol. The van der Waals surface area contributed by atoms with E-state index in [2.05, 4.69) is 11.9 Å². The first-order chi connectivity index (χ1) is 8.13. The molecule has 0 unspecified atom stereocenters. The lowest BCUT2D eigenvalue weighted by molar-refractivity contribution is 0.0599. The molecule has 1 aromatic carbocycles. The number of nitrogens with two attached hydrogens (primary N) is 1. The van der Waals surface area contributed by atoms with E-state index in [1.54, 1.807) is 6.07 Å². The topological polar surface area (TPSA) is 55.6 Å². The number of hydrogen-bond donors (Lipinski definition) is 1. The van der Waals surface area contributed by atoms with Crippen molar-refractivity contribution in [1.29, 1.82) is 0 Å². The summed E-state index contributed by atoms with van der Waals surface area (Å²) in [4.78, 5) is 14.0. The van der Waals surface area contributed by atoms with Crippen molar-refractivity contribution < 1.29 is 9.53 Å². The third-order valence-electron chi connectivity index (χ3n) is 3.16. The number of esters is 1. The summed E-state index contributed by atoms with van der Waals surface area (Å²) in [6.07, 6.45) is 2.48. The second-order valence-corrected chi connectivity index (χ2v) is 4.52. The molecule has 0 bridgehead atoms. The SMILES string of the molecule is COC(=O)c1c(N)cccc1CN(C)C1CC1. The quantitative estimate of drug-likeness (QED) is 0.635. The summed E-state index contributed by atoms with van der Waals surface area (Å²) in [5, 5.41) is 0. The minimum absolute atomic E-state index is 0.359.